The van der Waals surface area contributed by atoms with Gasteiger partial charge >= 0.3 is 5.97 Å². The van der Waals surface area contributed by atoms with E-state index >= 15 is 0 Å². The molecule has 0 aromatic carbocycles. The maximum atomic E-state index is 13.0. The van der Waals surface area contributed by atoms with Gasteiger partial charge in [-0.25, -0.2) is 14.8 Å². The maximum absolute atomic E-state index is 13.0. The highest BCUT2D eigenvalue weighted by molar-refractivity contribution is 8.00. The van der Waals surface area contributed by atoms with E-state index in [9.17, 15) is 24.7 Å². The number of hydrogen-bond acceptors (Lipinski definition) is 11. The van der Waals surface area contributed by atoms with Crippen molar-refractivity contribution in [2.45, 2.75) is 31.8 Å². The fraction of sp³-hybridized carbons (Fsp3) is 0.381. The van der Waals surface area contributed by atoms with Crippen LogP contribution in [0.15, 0.2) is 40.4 Å². The number of thioether (sulfide) groups is 1. The van der Waals surface area contributed by atoms with E-state index in [1.54, 1.807) is 12.4 Å². The van der Waals surface area contributed by atoms with Gasteiger partial charge in [-0.15, -0.1) is 23.1 Å². The van der Waals surface area contributed by atoms with Gasteiger partial charge in [0.25, 0.3) is 11.8 Å². The Morgan fingerprint density at radius 3 is 2.75 bits per heavy atom. The van der Waals surface area contributed by atoms with E-state index in [0.29, 0.717) is 11.3 Å². The van der Waals surface area contributed by atoms with Crippen LogP contribution in [0.2, 0.25) is 0 Å². The second-order valence-electron chi connectivity index (χ2n) is 7.90. The van der Waals surface area contributed by atoms with Crippen LogP contribution in [-0.2, 0) is 20.9 Å². The molecule has 1 fully saturated rings. The predicted molar refractivity (Wildman–Crippen MR) is 133 cm³/mol. The molecule has 2 aliphatic rings. The summed E-state index contributed by atoms with van der Waals surface area (Å²) in [4.78, 5) is 49.4. The number of thiazole rings is 1. The van der Waals surface area contributed by atoms with Crippen LogP contribution >= 0.6 is 23.1 Å². The molecule has 2 aromatic heterocycles. The van der Waals surface area contributed by atoms with Crippen molar-refractivity contribution >= 4 is 57.5 Å². The summed E-state index contributed by atoms with van der Waals surface area (Å²) < 4.78 is 1.84. The number of hydrogen-bond donors (Lipinski definition) is 4. The van der Waals surface area contributed by atoms with Crippen molar-refractivity contribution in [3.05, 3.63) is 40.9 Å². The largest absolute Gasteiger partial charge is 0.477 e. The molecule has 4 heterocycles. The third-order valence-corrected chi connectivity index (χ3v) is 7.84. The van der Waals surface area contributed by atoms with Gasteiger partial charge in [0.15, 0.2) is 29.4 Å². The zero-order valence-electron chi connectivity index (χ0n) is 19.5. The number of carbonyl (C=O) groups excluding carboxylic acids is 2. The number of nitrogens with two attached hydrogens (primary N) is 1. The van der Waals surface area contributed by atoms with E-state index in [1.807, 2.05) is 24.6 Å². The zero-order chi connectivity index (χ0) is 26.0. The highest BCUT2D eigenvalue weighted by Crippen LogP contribution is 2.40. The van der Waals surface area contributed by atoms with Crippen molar-refractivity contribution in [3.8, 4) is 0 Å². The van der Waals surface area contributed by atoms with E-state index in [-0.39, 0.29) is 28.8 Å². The first-order valence-electron chi connectivity index (χ1n) is 11.0. The van der Waals surface area contributed by atoms with Crippen LogP contribution in [0.25, 0.3) is 0 Å². The van der Waals surface area contributed by atoms with Gasteiger partial charge in [0.05, 0.1) is 6.20 Å². The molecule has 36 heavy (non-hydrogen) atoms. The number of β-lactam (4-membered cyclic amide) rings is 1. The Labute approximate surface area is 214 Å². The Kier molecular flexibility index (Phi) is 7.40. The highest BCUT2D eigenvalue weighted by atomic mass is 32.2. The molecule has 2 aromatic rings. The average molecular weight is 534 g/mol. The molecule has 5 N–H and O–H groups in total. The van der Waals surface area contributed by atoms with Crippen molar-refractivity contribution in [1.29, 1.82) is 0 Å². The van der Waals surface area contributed by atoms with Gasteiger partial charge in [0.2, 0.25) is 6.20 Å². The van der Waals surface area contributed by atoms with Gasteiger partial charge in [-0.1, -0.05) is 5.16 Å². The van der Waals surface area contributed by atoms with E-state index in [2.05, 4.69) is 25.3 Å². The van der Waals surface area contributed by atoms with Crippen LogP contribution in [0.1, 0.15) is 19.5 Å². The second kappa shape index (κ2) is 10.5. The number of aliphatic carboxylic acids is 1. The van der Waals surface area contributed by atoms with Crippen LogP contribution in [0, 0.1) is 0 Å². The first kappa shape index (κ1) is 25.4. The van der Waals surface area contributed by atoms with Crippen molar-refractivity contribution in [1.82, 2.24) is 20.2 Å². The quantitative estimate of drug-likeness (QED) is 0.112. The van der Waals surface area contributed by atoms with Crippen molar-refractivity contribution in [3.63, 3.8) is 0 Å². The van der Waals surface area contributed by atoms with Gasteiger partial charge < -0.3 is 26.3 Å². The van der Waals surface area contributed by atoms with E-state index in [4.69, 9.17) is 5.73 Å². The SMILES string of the molecule is CCN(CC)c1c[n+](CC2=C(C(=O)O)N3C(=O)C(NC(=O)C(=NO)c4csc(N)n4)[C@@H]3SC2)ccn1. The number of nitrogens with one attached hydrogen (secondary N) is 1. The smallest absolute Gasteiger partial charge is 0.352 e. The van der Waals surface area contributed by atoms with Crippen molar-refractivity contribution in [2.24, 2.45) is 5.16 Å². The molecule has 0 bridgehead atoms. The molecule has 2 aliphatic heterocycles. The van der Waals surface area contributed by atoms with Crippen LogP contribution in [0.5, 0.6) is 0 Å². The Morgan fingerprint density at radius 1 is 1.39 bits per heavy atom. The van der Waals surface area contributed by atoms with Gasteiger partial charge in [0, 0.05) is 29.8 Å². The Morgan fingerprint density at radius 2 is 2.14 bits per heavy atom. The Bertz CT molecular complexity index is 1260. The van der Waals surface area contributed by atoms with Crippen LogP contribution in [0.3, 0.4) is 0 Å². The van der Waals surface area contributed by atoms with Gasteiger partial charge in [-0.2, -0.15) is 4.57 Å². The lowest BCUT2D eigenvalue weighted by atomic mass is 10.0. The van der Waals surface area contributed by atoms with E-state index in [0.717, 1.165) is 30.2 Å². The summed E-state index contributed by atoms with van der Waals surface area (Å²) in [6.07, 6.45) is 5.25. The molecule has 2 atom stereocenters. The minimum absolute atomic E-state index is 0.0734. The van der Waals surface area contributed by atoms with Gasteiger partial charge in [-0.05, 0) is 13.8 Å². The molecule has 1 saturated heterocycles. The number of carboxylic acid groups (broad SMARTS) is 1. The predicted octanol–water partition coefficient (Wildman–Crippen LogP) is -0.129. The fourth-order valence-electron chi connectivity index (χ4n) is 4.07. The number of carbonyl (C=O) groups is 3. The summed E-state index contributed by atoms with van der Waals surface area (Å²) in [6.45, 7) is 5.88. The topological polar surface area (TPSA) is 178 Å². The van der Waals surface area contributed by atoms with E-state index < -0.39 is 29.2 Å². The molecule has 1 unspecified atom stereocenters. The number of amides is 2. The molecule has 4 rings (SSSR count). The molecule has 2 amide bonds. The number of aromatic nitrogens is 3. The average Bonchev–Trinajstić information content (AvgIpc) is 3.29. The third-order valence-electron chi connectivity index (χ3n) is 5.82. The first-order valence-corrected chi connectivity index (χ1v) is 13.0. The summed E-state index contributed by atoms with van der Waals surface area (Å²) in [5.41, 5.74) is 5.74. The highest BCUT2D eigenvalue weighted by Gasteiger charge is 2.54. The molecule has 15 heteroatoms. The van der Waals surface area contributed by atoms with Gasteiger partial charge in [0.1, 0.15) is 22.8 Å². The lowest BCUT2D eigenvalue weighted by molar-refractivity contribution is -0.688. The minimum atomic E-state index is -1.22. The van der Waals surface area contributed by atoms with E-state index in [1.165, 1.54) is 22.0 Å². The van der Waals surface area contributed by atoms with Crippen molar-refractivity contribution < 1.29 is 29.3 Å². The number of oxime groups is 1. The first-order chi connectivity index (χ1) is 17.3. The number of nitrogens with zero attached hydrogens (tertiary/aromatic N) is 6. The summed E-state index contributed by atoms with van der Waals surface area (Å²) >= 11 is 2.42. The molecule has 190 valence electrons. The molecular weight excluding hydrogens is 508 g/mol. The lowest BCUT2D eigenvalue weighted by Gasteiger charge is -2.49. The monoisotopic (exact) mass is 533 g/mol. The summed E-state index contributed by atoms with van der Waals surface area (Å²) in [5, 5.41) is 25.8. The maximum Gasteiger partial charge on any atom is 0.352 e. The number of nitrogen functional groups attached to an aromatic ring is 1. The summed E-state index contributed by atoms with van der Waals surface area (Å²) in [6, 6.07) is -0.978. The van der Waals surface area contributed by atoms with Crippen LogP contribution in [-0.4, -0.2) is 78.9 Å². The normalized spacial score (nSPS) is 19.6. The van der Waals surface area contributed by atoms with Gasteiger partial charge in [-0.3, -0.25) is 14.5 Å². The number of carboxylic acids is 1. The fourth-order valence-corrected chi connectivity index (χ4v) is 5.96. The third kappa shape index (κ3) is 4.70. The number of anilines is 2. The van der Waals surface area contributed by atoms with Crippen LogP contribution < -0.4 is 20.5 Å². The summed E-state index contributed by atoms with van der Waals surface area (Å²) in [5.74, 6) is -1.48. The molecule has 0 aliphatic carbocycles. The second-order valence-corrected chi connectivity index (χ2v) is 9.89. The summed E-state index contributed by atoms with van der Waals surface area (Å²) in [7, 11) is 0. The van der Waals surface area contributed by atoms with Crippen LogP contribution in [0.4, 0.5) is 10.9 Å². The molecule has 0 radical (unpaired) electrons. The number of fused-ring (bicyclic) bond motifs is 1. The number of rotatable bonds is 9. The minimum Gasteiger partial charge on any atom is -0.477 e. The van der Waals surface area contributed by atoms with Crippen molar-refractivity contribution in [2.75, 3.05) is 29.5 Å². The standard InChI is InChI=1S/C21H24N8O5S2/c1-3-28(4-2)13-8-27(6-5-23-13)7-11-9-35-19-15(18(31)29(19)16(11)20(32)33)25-17(30)14(26-34)12-10-36-21(22)24-12/h5-6,8,10,15,19H,3-4,7,9H2,1-2H3,(H4-,22,24,25,30,32,33,34)/p+1/t15?,19-/m0/s1. The Hall–Kier alpha value is -3.72. The molecule has 13 nitrogen and oxygen atoms in total. The molecule has 0 saturated carbocycles. The molecule has 0 spiro atoms. The lowest BCUT2D eigenvalue weighted by Crippen LogP contribution is -2.71. The molecular formula is C21H25N8O5S2+. The Balaban J connectivity index is 1.52. The zero-order valence-corrected chi connectivity index (χ0v) is 21.1.